The summed E-state index contributed by atoms with van der Waals surface area (Å²) in [6, 6.07) is 12.1. The number of anilines is 1. The van der Waals surface area contributed by atoms with Gasteiger partial charge in [-0.2, -0.15) is 4.31 Å². The molecule has 0 saturated heterocycles. The predicted octanol–water partition coefficient (Wildman–Crippen LogP) is 5.15. The minimum absolute atomic E-state index is 0.0455. The van der Waals surface area contributed by atoms with Crippen molar-refractivity contribution in [2.24, 2.45) is 17.8 Å². The van der Waals surface area contributed by atoms with Crippen LogP contribution in [0.15, 0.2) is 47.4 Å². The molecular weight excluding hydrogens is 464 g/mol. The highest BCUT2D eigenvalue weighted by Gasteiger charge is 2.41. The van der Waals surface area contributed by atoms with Crippen LogP contribution >= 0.6 is 0 Å². The number of carbonyl (C=O) groups excluding carboxylic acids is 2. The number of aryl methyl sites for hydroxylation is 1. The second-order valence-electron chi connectivity index (χ2n) is 9.55. The first-order valence-electron chi connectivity index (χ1n) is 12.5. The lowest BCUT2D eigenvalue weighted by atomic mass is 9.67. The van der Waals surface area contributed by atoms with Crippen molar-refractivity contribution in [3.8, 4) is 11.5 Å². The number of rotatable bonds is 8. The fraction of sp³-hybridized carbons (Fsp3) is 0.481. The minimum atomic E-state index is -3.72. The summed E-state index contributed by atoms with van der Waals surface area (Å²) in [5.74, 6) is 0.692. The molecular formula is C27H34N2O5S. The van der Waals surface area contributed by atoms with E-state index in [1.807, 2.05) is 31.2 Å². The molecule has 2 fully saturated rings. The number of nitrogens with zero attached hydrogens (tertiary/aromatic N) is 1. The van der Waals surface area contributed by atoms with E-state index in [-0.39, 0.29) is 28.6 Å². The van der Waals surface area contributed by atoms with Crippen molar-refractivity contribution in [2.45, 2.75) is 57.8 Å². The summed E-state index contributed by atoms with van der Waals surface area (Å²) in [4.78, 5) is 25.9. The Kier molecular flexibility index (Phi) is 7.62. The van der Waals surface area contributed by atoms with Gasteiger partial charge in [0.15, 0.2) is 5.75 Å². The molecule has 2 aliphatic rings. The molecule has 2 bridgehead atoms. The first-order valence-corrected chi connectivity index (χ1v) is 13.9. The van der Waals surface area contributed by atoms with Gasteiger partial charge >= 0.3 is 0 Å². The first-order chi connectivity index (χ1) is 16.7. The third kappa shape index (κ3) is 5.43. The topological polar surface area (TPSA) is 92.8 Å². The number of ketones is 1. The molecule has 188 valence electrons. The Morgan fingerprint density at radius 2 is 1.66 bits per heavy atom. The second kappa shape index (κ2) is 10.5. The van der Waals surface area contributed by atoms with Crippen molar-refractivity contribution in [3.63, 3.8) is 0 Å². The van der Waals surface area contributed by atoms with Crippen molar-refractivity contribution >= 4 is 27.4 Å². The zero-order chi connectivity index (χ0) is 25.2. The maximum atomic E-state index is 13.3. The van der Waals surface area contributed by atoms with Crippen molar-refractivity contribution in [1.82, 2.24) is 4.31 Å². The van der Waals surface area contributed by atoms with Crippen molar-refractivity contribution in [3.05, 3.63) is 48.0 Å². The molecule has 1 amide bonds. The molecule has 7 nitrogen and oxygen atoms in total. The number of Topliss-reactive ketones (excluding diaryl/α,β-unsaturated/α-hetero) is 1. The van der Waals surface area contributed by atoms with Gasteiger partial charge in [0.05, 0.1) is 10.6 Å². The van der Waals surface area contributed by atoms with Crippen molar-refractivity contribution in [1.29, 1.82) is 0 Å². The number of fused-ring (bicyclic) bond motifs is 2. The molecule has 0 radical (unpaired) electrons. The van der Waals surface area contributed by atoms with E-state index >= 15 is 0 Å². The van der Waals surface area contributed by atoms with E-state index in [4.69, 9.17) is 4.74 Å². The van der Waals surface area contributed by atoms with Gasteiger partial charge in [0.1, 0.15) is 11.5 Å². The standard InChI is InChI=1S/C27H34N2O5S/c1-4-29(5-2)35(32,33)23-13-14-25(34-22-11-9-18(3)10-12-22)24(17-23)28-27(31)21-15-19-7-6-8-20(16-21)26(19)30/h9-14,17,19-21H,4-8,15-16H2,1-3H3,(H,28,31). The van der Waals surface area contributed by atoms with Gasteiger partial charge < -0.3 is 10.1 Å². The Bertz CT molecular complexity index is 1170. The zero-order valence-electron chi connectivity index (χ0n) is 20.6. The van der Waals surface area contributed by atoms with Gasteiger partial charge in [-0.25, -0.2) is 8.42 Å². The molecule has 0 aliphatic heterocycles. The molecule has 35 heavy (non-hydrogen) atoms. The number of hydrogen-bond acceptors (Lipinski definition) is 5. The Morgan fingerprint density at radius 1 is 1.03 bits per heavy atom. The summed E-state index contributed by atoms with van der Waals surface area (Å²) in [7, 11) is -3.72. The Hall–Kier alpha value is -2.71. The molecule has 2 aromatic rings. The van der Waals surface area contributed by atoms with Crippen molar-refractivity contribution in [2.75, 3.05) is 18.4 Å². The first kappa shape index (κ1) is 25.4. The van der Waals surface area contributed by atoms with Gasteiger partial charge in [-0.05, 0) is 62.9 Å². The maximum absolute atomic E-state index is 13.3. The van der Waals surface area contributed by atoms with Gasteiger partial charge in [-0.15, -0.1) is 0 Å². The average Bonchev–Trinajstić information content (AvgIpc) is 2.82. The third-order valence-corrected chi connectivity index (χ3v) is 9.27. The number of ether oxygens (including phenoxy) is 1. The van der Waals surface area contributed by atoms with Crippen molar-refractivity contribution < 1.29 is 22.7 Å². The van der Waals surface area contributed by atoms with E-state index in [0.29, 0.717) is 48.9 Å². The summed E-state index contributed by atoms with van der Waals surface area (Å²) in [5, 5.41) is 2.95. The lowest BCUT2D eigenvalue weighted by Crippen LogP contribution is -2.40. The van der Waals surface area contributed by atoms with Crippen LogP contribution in [0.4, 0.5) is 5.69 Å². The quantitative estimate of drug-likeness (QED) is 0.543. The minimum Gasteiger partial charge on any atom is -0.455 e. The van der Waals surface area contributed by atoms with E-state index in [9.17, 15) is 18.0 Å². The van der Waals surface area contributed by atoms with Crippen LogP contribution in [-0.2, 0) is 19.6 Å². The Labute approximate surface area is 207 Å². The maximum Gasteiger partial charge on any atom is 0.243 e. The van der Waals surface area contributed by atoms with E-state index in [0.717, 1.165) is 24.8 Å². The van der Waals surface area contributed by atoms with E-state index in [2.05, 4.69) is 5.32 Å². The highest BCUT2D eigenvalue weighted by atomic mass is 32.2. The van der Waals surface area contributed by atoms with Gasteiger partial charge in [0.2, 0.25) is 15.9 Å². The molecule has 0 aromatic heterocycles. The molecule has 2 unspecified atom stereocenters. The number of amides is 1. The Balaban J connectivity index is 1.64. The van der Waals surface area contributed by atoms with Crippen LogP contribution in [0.1, 0.15) is 51.5 Å². The van der Waals surface area contributed by atoms with Crippen LogP contribution in [-0.4, -0.2) is 37.5 Å². The van der Waals surface area contributed by atoms with E-state index < -0.39 is 10.0 Å². The fourth-order valence-electron chi connectivity index (χ4n) is 5.23. The lowest BCUT2D eigenvalue weighted by Gasteiger charge is -2.37. The Morgan fingerprint density at radius 3 is 2.26 bits per heavy atom. The van der Waals surface area contributed by atoms with E-state index in [1.165, 1.54) is 16.4 Å². The monoisotopic (exact) mass is 498 g/mol. The zero-order valence-corrected chi connectivity index (χ0v) is 21.4. The van der Waals surface area contributed by atoms with Gasteiger partial charge in [0, 0.05) is 30.8 Å². The summed E-state index contributed by atoms with van der Waals surface area (Å²) < 4.78 is 33.7. The van der Waals surface area contributed by atoms with Crippen LogP contribution < -0.4 is 10.1 Å². The van der Waals surface area contributed by atoms with E-state index in [1.54, 1.807) is 19.9 Å². The summed E-state index contributed by atoms with van der Waals surface area (Å²) in [6.07, 6.45) is 3.83. The van der Waals surface area contributed by atoms with Crippen LogP contribution in [0.2, 0.25) is 0 Å². The molecule has 2 aliphatic carbocycles. The van der Waals surface area contributed by atoms with Gasteiger partial charge in [-0.3, -0.25) is 9.59 Å². The summed E-state index contributed by atoms with van der Waals surface area (Å²) >= 11 is 0. The van der Waals surface area contributed by atoms with Crippen LogP contribution in [0.3, 0.4) is 0 Å². The average molecular weight is 499 g/mol. The van der Waals surface area contributed by atoms with Gasteiger partial charge in [-0.1, -0.05) is 38.0 Å². The largest absolute Gasteiger partial charge is 0.455 e. The second-order valence-corrected chi connectivity index (χ2v) is 11.5. The molecule has 0 spiro atoms. The van der Waals surface area contributed by atoms with Crippen LogP contribution in [0.25, 0.3) is 0 Å². The summed E-state index contributed by atoms with van der Waals surface area (Å²) in [5.41, 5.74) is 1.40. The van der Waals surface area contributed by atoms with Gasteiger partial charge in [0.25, 0.3) is 0 Å². The molecule has 4 rings (SSSR count). The predicted molar refractivity (Wildman–Crippen MR) is 135 cm³/mol. The molecule has 2 saturated carbocycles. The number of hydrogen-bond donors (Lipinski definition) is 1. The molecule has 8 heteroatoms. The molecule has 1 N–H and O–H groups in total. The number of benzene rings is 2. The third-order valence-electron chi connectivity index (χ3n) is 7.22. The number of sulfonamides is 1. The molecule has 2 aromatic carbocycles. The van der Waals surface area contributed by atoms with Crippen LogP contribution in [0.5, 0.6) is 11.5 Å². The number of nitrogens with one attached hydrogen (secondary N) is 1. The highest BCUT2D eigenvalue weighted by molar-refractivity contribution is 7.89. The molecule has 0 heterocycles. The summed E-state index contributed by atoms with van der Waals surface area (Å²) in [6.45, 7) is 6.26. The SMILES string of the molecule is CCN(CC)S(=O)(=O)c1ccc(Oc2ccc(C)cc2)c(NC(=O)C2CC3CCCC(C2)C3=O)c1. The molecule has 2 atom stereocenters. The fourth-order valence-corrected chi connectivity index (χ4v) is 6.72. The van der Waals surface area contributed by atoms with Crippen LogP contribution in [0, 0.1) is 24.7 Å². The lowest BCUT2D eigenvalue weighted by molar-refractivity contribution is -0.136. The number of carbonyl (C=O) groups is 2. The normalized spacial score (nSPS) is 22.2. The highest BCUT2D eigenvalue weighted by Crippen LogP contribution is 2.41. The smallest absolute Gasteiger partial charge is 0.243 e.